The van der Waals surface area contributed by atoms with Gasteiger partial charge in [-0.1, -0.05) is 22.9 Å². The molecule has 2 aromatic rings. The Hall–Kier alpha value is -2.44. The Bertz CT molecular complexity index is 1080. The van der Waals surface area contributed by atoms with Crippen LogP contribution in [0.2, 0.25) is 5.02 Å². The topological polar surface area (TPSA) is 95.2 Å². The number of sulfonamides is 1. The Morgan fingerprint density at radius 2 is 2.07 bits per heavy atom. The molecule has 28 heavy (non-hydrogen) atoms. The Labute approximate surface area is 169 Å². The van der Waals surface area contributed by atoms with Crippen molar-refractivity contribution in [2.24, 2.45) is 11.1 Å². The van der Waals surface area contributed by atoms with Gasteiger partial charge in [-0.15, -0.1) is 0 Å². The van der Waals surface area contributed by atoms with Crippen LogP contribution in [0.5, 0.6) is 5.75 Å². The molecule has 1 aliphatic carbocycles. The maximum atomic E-state index is 11.3. The molecule has 0 atom stereocenters. The first-order chi connectivity index (χ1) is 13.3. The summed E-state index contributed by atoms with van der Waals surface area (Å²) in [5.41, 5.74) is 5.47. The zero-order valence-electron chi connectivity index (χ0n) is 15.5. The maximum Gasteiger partial charge on any atom is 0.255 e. The first-order valence-corrected chi connectivity index (χ1v) is 10.6. The minimum absolute atomic E-state index is 0.208. The smallest absolute Gasteiger partial charge is 0.255 e. The van der Waals surface area contributed by atoms with Crippen LogP contribution in [0.3, 0.4) is 0 Å². The number of ether oxygens (including phenoxy) is 1. The van der Waals surface area contributed by atoms with Gasteiger partial charge in [-0.2, -0.15) is 0 Å². The summed E-state index contributed by atoms with van der Waals surface area (Å²) in [4.78, 5) is 8.14. The Morgan fingerprint density at radius 1 is 1.32 bits per heavy atom. The van der Waals surface area contributed by atoms with E-state index in [1.807, 2.05) is 13.0 Å². The second kappa shape index (κ2) is 8.29. The third-order valence-corrected chi connectivity index (χ3v) is 5.34. The molecule has 1 fully saturated rings. The summed E-state index contributed by atoms with van der Waals surface area (Å²) in [5.74, 6) is 1.60. The van der Waals surface area contributed by atoms with Crippen LogP contribution in [0.4, 0.5) is 0 Å². The van der Waals surface area contributed by atoms with E-state index in [9.17, 15) is 8.42 Å². The standard InChI is InChI=1S/C20H20ClN3O3S/c1-3-4-16(9-13(2)14-5-6-14)27-19-10-18(23-12-17(19)21)15-7-8-20(24-11-15)28(22,25)26/h3,7-12,14H,5-6H2,1-2H3,(H2,22,25,26). The zero-order valence-corrected chi connectivity index (χ0v) is 17.1. The molecule has 8 heteroatoms. The number of primary sulfonamides is 1. The predicted octanol–water partition coefficient (Wildman–Crippen LogP) is 4.24. The second-order valence-electron chi connectivity index (χ2n) is 6.49. The molecule has 0 spiro atoms. The highest BCUT2D eigenvalue weighted by Gasteiger charge is 2.23. The normalized spacial score (nSPS) is 14.4. The summed E-state index contributed by atoms with van der Waals surface area (Å²) in [7, 11) is -3.85. The zero-order chi connectivity index (χ0) is 20.3. The molecule has 2 aromatic heterocycles. The fraction of sp³-hybridized carbons (Fsp3) is 0.250. The van der Waals surface area contributed by atoms with Crippen LogP contribution in [-0.2, 0) is 10.0 Å². The van der Waals surface area contributed by atoms with E-state index in [1.54, 1.807) is 18.2 Å². The third kappa shape index (κ3) is 5.09. The fourth-order valence-electron chi connectivity index (χ4n) is 2.58. The lowest BCUT2D eigenvalue weighted by Crippen LogP contribution is -2.13. The van der Waals surface area contributed by atoms with Crippen LogP contribution in [0.15, 0.2) is 64.8 Å². The van der Waals surface area contributed by atoms with Gasteiger partial charge in [-0.25, -0.2) is 18.5 Å². The molecule has 0 saturated heterocycles. The fourth-order valence-corrected chi connectivity index (χ4v) is 3.18. The lowest BCUT2D eigenvalue weighted by molar-refractivity contribution is 0.444. The van der Waals surface area contributed by atoms with Gasteiger partial charge in [-0.05, 0) is 56.9 Å². The van der Waals surface area contributed by atoms with Crippen LogP contribution in [-0.4, -0.2) is 18.4 Å². The molecular weight excluding hydrogens is 398 g/mol. The SMILES string of the molecule is CC=C=C(C=C(C)C1CC1)Oc1cc(-c2ccc(S(N)(=O)=O)nc2)ncc1Cl. The molecule has 2 heterocycles. The summed E-state index contributed by atoms with van der Waals surface area (Å²) < 4.78 is 28.7. The van der Waals surface area contributed by atoms with Crippen molar-refractivity contribution >= 4 is 21.6 Å². The number of hydrogen-bond acceptors (Lipinski definition) is 5. The van der Waals surface area contributed by atoms with E-state index in [1.165, 1.54) is 36.9 Å². The van der Waals surface area contributed by atoms with E-state index < -0.39 is 10.0 Å². The summed E-state index contributed by atoms with van der Waals surface area (Å²) >= 11 is 6.25. The number of nitrogens with zero attached hydrogens (tertiary/aromatic N) is 2. The average molecular weight is 418 g/mol. The lowest BCUT2D eigenvalue weighted by atomic mass is 10.1. The van der Waals surface area contributed by atoms with Gasteiger partial charge < -0.3 is 4.74 Å². The number of halogens is 1. The van der Waals surface area contributed by atoms with Crippen molar-refractivity contribution in [3.8, 4) is 17.0 Å². The van der Waals surface area contributed by atoms with Crippen molar-refractivity contribution in [2.75, 3.05) is 0 Å². The van der Waals surface area contributed by atoms with Crippen molar-refractivity contribution in [2.45, 2.75) is 31.7 Å². The quantitative estimate of drug-likeness (QED) is 0.431. The highest BCUT2D eigenvalue weighted by Crippen LogP contribution is 2.37. The molecule has 0 unspecified atom stereocenters. The van der Waals surface area contributed by atoms with E-state index in [-0.39, 0.29) is 5.03 Å². The van der Waals surface area contributed by atoms with Gasteiger partial charge in [0.25, 0.3) is 10.0 Å². The molecule has 146 valence electrons. The first kappa shape index (κ1) is 20.3. The number of rotatable bonds is 6. The van der Waals surface area contributed by atoms with Gasteiger partial charge in [0.2, 0.25) is 0 Å². The van der Waals surface area contributed by atoms with E-state index in [0.717, 1.165) is 0 Å². The van der Waals surface area contributed by atoms with Gasteiger partial charge >= 0.3 is 0 Å². The van der Waals surface area contributed by atoms with Gasteiger partial charge in [0.1, 0.15) is 5.02 Å². The van der Waals surface area contributed by atoms with Gasteiger partial charge in [0.05, 0.1) is 5.69 Å². The van der Waals surface area contributed by atoms with Gasteiger partial charge in [0.15, 0.2) is 16.5 Å². The summed E-state index contributed by atoms with van der Waals surface area (Å²) in [5, 5.41) is 5.22. The molecule has 0 amide bonds. The molecule has 0 aliphatic heterocycles. The molecule has 1 aliphatic rings. The number of allylic oxidation sites excluding steroid dienone is 2. The summed E-state index contributed by atoms with van der Waals surface area (Å²) in [6.07, 6.45) is 9.01. The Kier molecular flexibility index (Phi) is 6.01. The van der Waals surface area contributed by atoms with Crippen LogP contribution >= 0.6 is 11.6 Å². The Morgan fingerprint density at radius 3 is 2.64 bits per heavy atom. The maximum absolute atomic E-state index is 11.3. The van der Waals surface area contributed by atoms with Crippen LogP contribution in [0, 0.1) is 5.92 Å². The molecule has 1 saturated carbocycles. The van der Waals surface area contributed by atoms with Crippen LogP contribution < -0.4 is 9.88 Å². The minimum Gasteiger partial charge on any atom is -0.447 e. The van der Waals surface area contributed by atoms with Crippen LogP contribution in [0.25, 0.3) is 11.3 Å². The molecule has 2 N–H and O–H groups in total. The lowest BCUT2D eigenvalue weighted by Gasteiger charge is -2.10. The van der Waals surface area contributed by atoms with E-state index >= 15 is 0 Å². The van der Waals surface area contributed by atoms with Crippen molar-refractivity contribution < 1.29 is 13.2 Å². The molecule has 0 bridgehead atoms. The highest BCUT2D eigenvalue weighted by atomic mass is 35.5. The minimum atomic E-state index is -3.85. The second-order valence-corrected chi connectivity index (χ2v) is 8.41. The predicted molar refractivity (Wildman–Crippen MR) is 108 cm³/mol. The van der Waals surface area contributed by atoms with Gasteiger partial charge in [-0.3, -0.25) is 4.98 Å². The monoisotopic (exact) mass is 417 g/mol. The van der Waals surface area contributed by atoms with Crippen molar-refractivity contribution in [1.82, 2.24) is 9.97 Å². The highest BCUT2D eigenvalue weighted by molar-refractivity contribution is 7.89. The van der Waals surface area contributed by atoms with Crippen molar-refractivity contribution in [3.05, 3.63) is 64.8 Å². The van der Waals surface area contributed by atoms with E-state index in [2.05, 4.69) is 22.6 Å². The molecular formula is C20H20ClN3O3S. The summed E-state index contributed by atoms with van der Waals surface area (Å²) in [6.45, 7) is 3.94. The first-order valence-electron chi connectivity index (χ1n) is 8.70. The summed E-state index contributed by atoms with van der Waals surface area (Å²) in [6, 6.07) is 4.58. The molecule has 0 radical (unpaired) electrons. The molecule has 6 nitrogen and oxygen atoms in total. The van der Waals surface area contributed by atoms with Crippen LogP contribution in [0.1, 0.15) is 26.7 Å². The third-order valence-electron chi connectivity index (χ3n) is 4.23. The number of nitrogens with two attached hydrogens (primary N) is 1. The molecule has 0 aromatic carbocycles. The number of hydrogen-bond donors (Lipinski definition) is 1. The average Bonchev–Trinajstić information content (AvgIpc) is 3.48. The largest absolute Gasteiger partial charge is 0.447 e. The van der Waals surface area contributed by atoms with Crippen molar-refractivity contribution in [3.63, 3.8) is 0 Å². The van der Waals surface area contributed by atoms with Crippen molar-refractivity contribution in [1.29, 1.82) is 0 Å². The Balaban J connectivity index is 1.90. The van der Waals surface area contributed by atoms with Gasteiger partial charge in [0, 0.05) is 24.0 Å². The number of pyridine rings is 2. The molecule has 3 rings (SSSR count). The van der Waals surface area contributed by atoms with E-state index in [4.69, 9.17) is 21.5 Å². The van der Waals surface area contributed by atoms with E-state index in [0.29, 0.717) is 33.7 Å². The number of aromatic nitrogens is 2.